The van der Waals surface area contributed by atoms with Crippen LogP contribution in [0.4, 0.5) is 0 Å². The fraction of sp³-hybridized carbons (Fsp3) is 0.833. The molecule has 0 bridgehead atoms. The molecule has 0 unspecified atom stereocenters. The lowest BCUT2D eigenvalue weighted by molar-refractivity contribution is -0.138. The highest BCUT2D eigenvalue weighted by atomic mass is 16.4. The van der Waals surface area contributed by atoms with Gasteiger partial charge in [0.05, 0.1) is 19.8 Å². The van der Waals surface area contributed by atoms with Crippen LogP contribution in [0.2, 0.25) is 0 Å². The molecule has 0 aliphatic heterocycles. The molecule has 0 radical (unpaired) electrons. The van der Waals surface area contributed by atoms with Gasteiger partial charge in [-0.3, -0.25) is 9.69 Å². The molecule has 0 aromatic carbocycles. The van der Waals surface area contributed by atoms with Gasteiger partial charge in [-0.05, 0) is 0 Å². The zero-order valence-corrected chi connectivity index (χ0v) is 6.19. The predicted molar refractivity (Wildman–Crippen MR) is 38.2 cm³/mol. The van der Waals surface area contributed by atoms with Crippen molar-refractivity contribution in [3.8, 4) is 0 Å². The quantitative estimate of drug-likeness (QED) is 0.438. The van der Waals surface area contributed by atoms with E-state index in [4.69, 9.17) is 11.6 Å². The Morgan fingerprint density at radius 1 is 1.36 bits per heavy atom. The van der Waals surface area contributed by atoms with E-state index in [0.717, 1.165) is 0 Å². The van der Waals surface area contributed by atoms with Crippen molar-refractivity contribution in [2.24, 2.45) is 0 Å². The van der Waals surface area contributed by atoms with E-state index in [0.29, 0.717) is 0 Å². The number of hydrogen-bond donors (Lipinski definition) is 3. The van der Waals surface area contributed by atoms with Crippen LogP contribution in [0.25, 0.3) is 1.43 Å². The third kappa shape index (κ3) is 5.78. The minimum Gasteiger partial charge on any atom is -0.480 e. The Balaban J connectivity index is 3.68. The number of carbonyl (C=O) groups is 1. The average molecular weight is 164 g/mol. The van der Waals surface area contributed by atoms with Gasteiger partial charge in [0.25, 0.3) is 1.43 Å². The first-order valence-corrected chi connectivity index (χ1v) is 3.34. The molecular formula is C6H13NO4. The normalized spacial score (nSPS) is 11.4. The topological polar surface area (TPSA) is 81.0 Å². The SMILES string of the molecule is [2H]OC(=O)CN(CCO)CCO. The molecule has 66 valence electrons. The Bertz CT molecular complexity index is 127. The van der Waals surface area contributed by atoms with E-state index in [2.05, 4.69) is 5.11 Å². The minimum atomic E-state index is -0.697. The first-order valence-electron chi connectivity index (χ1n) is 3.75. The van der Waals surface area contributed by atoms with Gasteiger partial charge < -0.3 is 15.3 Å². The zero-order valence-electron chi connectivity index (χ0n) is 7.19. The second-order valence-electron chi connectivity index (χ2n) is 2.10. The van der Waals surface area contributed by atoms with E-state index >= 15 is 0 Å². The number of aliphatic hydroxyl groups is 2. The lowest BCUT2D eigenvalue weighted by atomic mass is 10.4. The van der Waals surface area contributed by atoms with Crippen molar-refractivity contribution in [3.63, 3.8) is 0 Å². The third-order valence-electron chi connectivity index (χ3n) is 1.19. The summed E-state index contributed by atoms with van der Waals surface area (Å²) in [4.78, 5) is 12.1. The van der Waals surface area contributed by atoms with Gasteiger partial charge in [0, 0.05) is 13.1 Å². The molecule has 0 fully saturated rings. The summed E-state index contributed by atoms with van der Waals surface area (Å²) >= 11 is 0. The van der Waals surface area contributed by atoms with Gasteiger partial charge in [-0.25, -0.2) is 0 Å². The molecule has 0 rings (SSSR count). The van der Waals surface area contributed by atoms with Crippen molar-refractivity contribution < 1.29 is 20.1 Å². The van der Waals surface area contributed by atoms with Crippen LogP contribution in [-0.4, -0.2) is 59.0 Å². The van der Waals surface area contributed by atoms with Crippen LogP contribution in [0.5, 0.6) is 0 Å². The van der Waals surface area contributed by atoms with Crippen LogP contribution in [0.1, 0.15) is 0 Å². The first-order chi connectivity index (χ1) is 5.74. The van der Waals surface area contributed by atoms with Crippen LogP contribution in [0, 0.1) is 0 Å². The lowest BCUT2D eigenvalue weighted by Crippen LogP contribution is -2.34. The van der Waals surface area contributed by atoms with Crippen molar-refractivity contribution in [1.82, 2.24) is 4.90 Å². The Labute approximate surface area is 66.4 Å². The largest absolute Gasteiger partial charge is 0.480 e. The van der Waals surface area contributed by atoms with Crippen molar-refractivity contribution in [2.45, 2.75) is 0 Å². The fourth-order valence-corrected chi connectivity index (χ4v) is 0.735. The molecule has 0 aromatic rings. The molecule has 0 saturated carbocycles. The van der Waals surface area contributed by atoms with Crippen LogP contribution in [0.3, 0.4) is 0 Å². The van der Waals surface area contributed by atoms with Crippen LogP contribution in [0.15, 0.2) is 0 Å². The third-order valence-corrected chi connectivity index (χ3v) is 1.19. The van der Waals surface area contributed by atoms with Crippen molar-refractivity contribution in [3.05, 3.63) is 0 Å². The molecule has 3 N–H and O–H groups in total. The number of nitrogens with zero attached hydrogens (tertiary/aromatic N) is 1. The second-order valence-corrected chi connectivity index (χ2v) is 2.10. The van der Waals surface area contributed by atoms with E-state index < -0.39 is 5.97 Å². The van der Waals surface area contributed by atoms with Crippen LogP contribution >= 0.6 is 0 Å². The molecule has 0 aromatic heterocycles. The summed E-state index contributed by atoms with van der Waals surface area (Å²) in [5.74, 6) is -0.697. The summed E-state index contributed by atoms with van der Waals surface area (Å²) in [5, 5.41) is 20.7. The van der Waals surface area contributed by atoms with Gasteiger partial charge >= 0.3 is 5.97 Å². The van der Waals surface area contributed by atoms with Gasteiger partial charge in [-0.15, -0.1) is 0 Å². The maximum atomic E-state index is 10.6. The second kappa shape index (κ2) is 6.09. The van der Waals surface area contributed by atoms with Crippen LogP contribution in [-0.2, 0) is 4.79 Å². The number of hydrogen-bond acceptors (Lipinski definition) is 5. The molecule has 0 atom stereocenters. The molecule has 5 heteroatoms. The first kappa shape index (κ1) is 8.45. The van der Waals surface area contributed by atoms with Gasteiger partial charge in [0.15, 0.2) is 0 Å². The van der Waals surface area contributed by atoms with Crippen LogP contribution < -0.4 is 0 Å². The van der Waals surface area contributed by atoms with Crippen molar-refractivity contribution in [2.75, 3.05) is 32.8 Å². The van der Waals surface area contributed by atoms with Gasteiger partial charge in [0.2, 0.25) is 0 Å². The predicted octanol–water partition coefficient (Wildman–Crippen LogP) is -1.64. The molecule has 0 saturated heterocycles. The average Bonchev–Trinajstić information content (AvgIpc) is 2.05. The number of aliphatic carboxylic acids is 1. The number of aliphatic hydroxyl groups excluding tert-OH is 2. The molecule has 0 aliphatic rings. The zero-order chi connectivity index (χ0) is 9.40. The standard InChI is InChI=1S/C6H13NO4/c8-3-1-7(2-4-9)5-6(10)11/h8-9H,1-5H2,(H,10,11)/i/hD. The Hall–Kier alpha value is -0.650. The molecular weight excluding hydrogens is 150 g/mol. The van der Waals surface area contributed by atoms with E-state index in [1.54, 1.807) is 0 Å². The van der Waals surface area contributed by atoms with Gasteiger partial charge in [-0.2, -0.15) is 0 Å². The highest BCUT2D eigenvalue weighted by Gasteiger charge is 2.06. The number of carboxylic acids is 1. The van der Waals surface area contributed by atoms with Crippen molar-refractivity contribution >= 4 is 5.97 Å². The minimum absolute atomic E-state index is 0.0787. The van der Waals surface area contributed by atoms with Gasteiger partial charge in [0.1, 0.15) is 0 Å². The van der Waals surface area contributed by atoms with E-state index in [1.165, 1.54) is 4.90 Å². The van der Waals surface area contributed by atoms with E-state index in [1.807, 2.05) is 0 Å². The summed E-state index contributed by atoms with van der Waals surface area (Å²) in [6.45, 7) is 0.312. The molecule has 11 heavy (non-hydrogen) atoms. The Kier molecular flexibility index (Phi) is 4.67. The number of rotatable bonds is 6. The van der Waals surface area contributed by atoms with Gasteiger partial charge in [-0.1, -0.05) is 0 Å². The van der Waals surface area contributed by atoms with E-state index in [9.17, 15) is 4.79 Å². The molecule has 0 amide bonds. The molecule has 0 heterocycles. The Morgan fingerprint density at radius 2 is 1.91 bits per heavy atom. The fourth-order valence-electron chi connectivity index (χ4n) is 0.735. The summed E-state index contributed by atoms with van der Waals surface area (Å²) in [7, 11) is 0. The smallest absolute Gasteiger partial charge is 0.317 e. The number of carboxylic acid groups (broad SMARTS) is 1. The maximum absolute atomic E-state index is 10.6. The summed E-state index contributed by atoms with van der Waals surface area (Å²) in [6.07, 6.45) is 0. The monoisotopic (exact) mass is 164 g/mol. The molecule has 5 nitrogen and oxygen atoms in total. The van der Waals surface area contributed by atoms with Crippen molar-refractivity contribution in [1.29, 1.82) is 1.43 Å². The van der Waals surface area contributed by atoms with E-state index in [-0.39, 0.29) is 32.8 Å². The molecule has 0 aliphatic carbocycles. The lowest BCUT2D eigenvalue weighted by Gasteiger charge is -2.16. The summed E-state index contributed by atoms with van der Waals surface area (Å²) in [5.41, 5.74) is 0. The highest BCUT2D eigenvalue weighted by Crippen LogP contribution is 1.85. The Morgan fingerprint density at radius 3 is 2.27 bits per heavy atom. The maximum Gasteiger partial charge on any atom is 0.317 e. The summed E-state index contributed by atoms with van der Waals surface area (Å²) in [6, 6.07) is 0. The summed E-state index contributed by atoms with van der Waals surface area (Å²) < 4.78 is 6.27. The highest BCUT2D eigenvalue weighted by molar-refractivity contribution is 5.69. The molecule has 0 spiro atoms.